The minimum atomic E-state index is -0.370. The molecular formula is C23H29FN2O2. The van der Waals surface area contributed by atoms with Crippen LogP contribution in [-0.4, -0.2) is 49.7 Å². The summed E-state index contributed by atoms with van der Waals surface area (Å²) in [5.74, 6) is -0.444. The molecule has 0 aliphatic carbocycles. The molecule has 0 radical (unpaired) electrons. The number of para-hydroxylation sites is 1. The van der Waals surface area contributed by atoms with Crippen LogP contribution in [0.2, 0.25) is 0 Å². The van der Waals surface area contributed by atoms with Gasteiger partial charge in [0.2, 0.25) is 5.91 Å². The van der Waals surface area contributed by atoms with Crippen molar-refractivity contribution >= 4 is 11.6 Å². The van der Waals surface area contributed by atoms with Gasteiger partial charge in [0.05, 0.1) is 17.8 Å². The van der Waals surface area contributed by atoms with Crippen LogP contribution in [0.5, 0.6) is 0 Å². The van der Waals surface area contributed by atoms with Gasteiger partial charge in [0.25, 0.3) is 0 Å². The first-order chi connectivity index (χ1) is 13.6. The van der Waals surface area contributed by atoms with Crippen molar-refractivity contribution in [3.8, 4) is 0 Å². The molecule has 0 N–H and O–H groups in total. The summed E-state index contributed by atoms with van der Waals surface area (Å²) < 4.78 is 20.2. The van der Waals surface area contributed by atoms with Gasteiger partial charge in [-0.2, -0.15) is 0 Å². The van der Waals surface area contributed by atoms with Crippen molar-refractivity contribution in [3.05, 3.63) is 66.0 Å². The smallest absolute Gasteiger partial charge is 0.227 e. The van der Waals surface area contributed by atoms with E-state index in [4.69, 9.17) is 4.74 Å². The first-order valence-corrected chi connectivity index (χ1v) is 9.99. The van der Waals surface area contributed by atoms with E-state index in [1.54, 1.807) is 30.2 Å². The van der Waals surface area contributed by atoms with Crippen molar-refractivity contribution in [2.24, 2.45) is 0 Å². The van der Waals surface area contributed by atoms with Crippen molar-refractivity contribution in [3.63, 3.8) is 0 Å². The highest BCUT2D eigenvalue weighted by atomic mass is 19.1. The number of hydrogen-bond donors (Lipinski definition) is 0. The van der Waals surface area contributed by atoms with Crippen molar-refractivity contribution in [2.75, 3.05) is 31.6 Å². The minimum absolute atomic E-state index is 0.0742. The number of hydrogen-bond acceptors (Lipinski definition) is 3. The van der Waals surface area contributed by atoms with Gasteiger partial charge in [0.15, 0.2) is 0 Å². The van der Waals surface area contributed by atoms with E-state index in [9.17, 15) is 9.18 Å². The Bertz CT molecular complexity index is 768. The molecule has 1 amide bonds. The standard InChI is InChI=1S/C23H29FN2O2/c1-3-23(27)26(20-12-8-7-11-19(20)24)21-14-16-25(17-22(21)28-2)15-13-18-9-5-4-6-10-18/h4-12,21-22H,3,13-17H2,1-2H3/t21-,22+/m1/s1. The Kier molecular flexibility index (Phi) is 7.18. The van der Waals surface area contributed by atoms with E-state index >= 15 is 0 Å². The Morgan fingerprint density at radius 3 is 2.57 bits per heavy atom. The molecular weight excluding hydrogens is 355 g/mol. The molecule has 2 aromatic carbocycles. The van der Waals surface area contributed by atoms with Crippen LogP contribution in [0, 0.1) is 5.82 Å². The number of nitrogens with zero attached hydrogens (tertiary/aromatic N) is 2. The summed E-state index contributed by atoms with van der Waals surface area (Å²) in [6.45, 7) is 4.35. The third-order valence-electron chi connectivity index (χ3n) is 5.49. The van der Waals surface area contributed by atoms with Gasteiger partial charge in [-0.15, -0.1) is 0 Å². The predicted molar refractivity (Wildman–Crippen MR) is 110 cm³/mol. The van der Waals surface area contributed by atoms with Crippen molar-refractivity contribution in [1.82, 2.24) is 4.90 Å². The largest absolute Gasteiger partial charge is 0.378 e. The van der Waals surface area contributed by atoms with Gasteiger partial charge < -0.3 is 14.5 Å². The molecule has 28 heavy (non-hydrogen) atoms. The molecule has 1 heterocycles. The number of ether oxygens (including phenoxy) is 1. The second kappa shape index (κ2) is 9.80. The maximum atomic E-state index is 14.5. The molecule has 3 rings (SSSR count). The second-order valence-corrected chi connectivity index (χ2v) is 7.24. The highest BCUT2D eigenvalue weighted by Gasteiger charge is 2.37. The summed E-state index contributed by atoms with van der Waals surface area (Å²) in [4.78, 5) is 16.7. The Morgan fingerprint density at radius 2 is 1.89 bits per heavy atom. The number of halogens is 1. The molecule has 0 unspecified atom stereocenters. The molecule has 2 atom stereocenters. The number of carbonyl (C=O) groups excluding carboxylic acids is 1. The quantitative estimate of drug-likeness (QED) is 0.726. The first-order valence-electron chi connectivity index (χ1n) is 9.99. The van der Waals surface area contributed by atoms with Crippen LogP contribution < -0.4 is 4.90 Å². The fourth-order valence-electron chi connectivity index (χ4n) is 3.95. The summed E-state index contributed by atoms with van der Waals surface area (Å²) >= 11 is 0. The van der Waals surface area contributed by atoms with Gasteiger partial charge in [0, 0.05) is 33.2 Å². The number of methoxy groups -OCH3 is 1. The average molecular weight is 384 g/mol. The summed E-state index contributed by atoms with van der Waals surface area (Å²) in [5, 5.41) is 0. The maximum absolute atomic E-state index is 14.5. The Hall–Kier alpha value is -2.24. The number of likely N-dealkylation sites (tertiary alicyclic amines) is 1. The van der Waals surface area contributed by atoms with Gasteiger partial charge >= 0.3 is 0 Å². The average Bonchev–Trinajstić information content (AvgIpc) is 2.74. The highest BCUT2D eigenvalue weighted by Crippen LogP contribution is 2.28. The maximum Gasteiger partial charge on any atom is 0.227 e. The molecule has 4 nitrogen and oxygen atoms in total. The SMILES string of the molecule is CCC(=O)N(c1ccccc1F)[C@@H]1CCN(CCc2ccccc2)C[C@@H]1OC. The normalized spacial score (nSPS) is 20.1. The van der Waals surface area contributed by atoms with Crippen LogP contribution in [0.1, 0.15) is 25.3 Å². The van der Waals surface area contributed by atoms with E-state index in [0.717, 1.165) is 32.5 Å². The first kappa shape index (κ1) is 20.5. The van der Waals surface area contributed by atoms with E-state index in [1.165, 1.54) is 11.6 Å². The zero-order chi connectivity index (χ0) is 19.9. The lowest BCUT2D eigenvalue weighted by Gasteiger charge is -2.43. The third kappa shape index (κ3) is 4.78. The zero-order valence-corrected chi connectivity index (χ0v) is 16.7. The van der Waals surface area contributed by atoms with Crippen LogP contribution in [0.3, 0.4) is 0 Å². The van der Waals surface area contributed by atoms with Gasteiger partial charge in [0.1, 0.15) is 5.82 Å². The van der Waals surface area contributed by atoms with Crippen LogP contribution in [0.25, 0.3) is 0 Å². The van der Waals surface area contributed by atoms with E-state index in [1.807, 2.05) is 13.0 Å². The monoisotopic (exact) mass is 384 g/mol. The molecule has 0 aromatic heterocycles. The Balaban J connectivity index is 1.72. The number of anilines is 1. The van der Waals surface area contributed by atoms with E-state index in [0.29, 0.717) is 12.1 Å². The summed E-state index contributed by atoms with van der Waals surface area (Å²) in [5.41, 5.74) is 1.66. The highest BCUT2D eigenvalue weighted by molar-refractivity contribution is 5.94. The third-order valence-corrected chi connectivity index (χ3v) is 5.49. The molecule has 0 spiro atoms. The van der Waals surface area contributed by atoms with Crippen LogP contribution in [0.4, 0.5) is 10.1 Å². The van der Waals surface area contributed by atoms with Gasteiger partial charge in [-0.05, 0) is 30.5 Å². The minimum Gasteiger partial charge on any atom is -0.378 e. The lowest BCUT2D eigenvalue weighted by molar-refractivity contribution is -0.120. The Labute approximate surface area is 166 Å². The van der Waals surface area contributed by atoms with E-state index in [2.05, 4.69) is 29.2 Å². The van der Waals surface area contributed by atoms with E-state index in [-0.39, 0.29) is 23.9 Å². The number of benzene rings is 2. The van der Waals surface area contributed by atoms with Gasteiger partial charge in [-0.3, -0.25) is 4.79 Å². The van der Waals surface area contributed by atoms with Crippen LogP contribution in [-0.2, 0) is 16.0 Å². The lowest BCUT2D eigenvalue weighted by atomic mass is 9.97. The number of rotatable bonds is 7. The van der Waals surface area contributed by atoms with E-state index < -0.39 is 0 Å². The summed E-state index contributed by atoms with van der Waals surface area (Å²) in [7, 11) is 1.67. The Morgan fingerprint density at radius 1 is 1.18 bits per heavy atom. The number of carbonyl (C=O) groups is 1. The van der Waals surface area contributed by atoms with Crippen molar-refractivity contribution in [1.29, 1.82) is 0 Å². The summed E-state index contributed by atoms with van der Waals surface area (Å²) in [6, 6.07) is 16.8. The van der Waals surface area contributed by atoms with Gasteiger partial charge in [-0.1, -0.05) is 49.4 Å². The zero-order valence-electron chi connectivity index (χ0n) is 16.7. The van der Waals surface area contributed by atoms with Crippen LogP contribution in [0.15, 0.2) is 54.6 Å². The summed E-state index contributed by atoms with van der Waals surface area (Å²) in [6.07, 6.45) is 1.92. The lowest BCUT2D eigenvalue weighted by Crippen LogP contribution is -2.57. The fraction of sp³-hybridized carbons (Fsp3) is 0.435. The van der Waals surface area contributed by atoms with Crippen molar-refractivity contribution < 1.29 is 13.9 Å². The molecule has 150 valence electrons. The topological polar surface area (TPSA) is 32.8 Å². The van der Waals surface area contributed by atoms with Gasteiger partial charge in [-0.25, -0.2) is 4.39 Å². The molecule has 1 fully saturated rings. The molecule has 0 saturated carbocycles. The molecule has 2 aromatic rings. The number of piperidine rings is 1. The van der Waals surface area contributed by atoms with Crippen molar-refractivity contribution in [2.45, 2.75) is 38.3 Å². The van der Waals surface area contributed by atoms with Crippen LogP contribution >= 0.6 is 0 Å². The molecule has 0 bridgehead atoms. The predicted octanol–water partition coefficient (Wildman–Crippen LogP) is 3.90. The number of amides is 1. The molecule has 1 saturated heterocycles. The molecule has 5 heteroatoms. The molecule has 1 aliphatic rings. The molecule has 1 aliphatic heterocycles. The fourth-order valence-corrected chi connectivity index (χ4v) is 3.95. The second-order valence-electron chi connectivity index (χ2n) is 7.24.